The molecule has 7 nitrogen and oxygen atoms in total. The molecule has 5 rings (SSSR count). The van der Waals surface area contributed by atoms with E-state index >= 15 is 0 Å². The number of carbonyl (C=O) groups is 3. The minimum absolute atomic E-state index is 0.0223. The number of carbonyl (C=O) groups excluding carboxylic acids is 2. The first kappa shape index (κ1) is 23.4. The molecule has 3 atom stereocenters. The van der Waals surface area contributed by atoms with Crippen LogP contribution in [-0.2, 0) is 14.3 Å². The van der Waals surface area contributed by atoms with Crippen LogP contribution in [0, 0.1) is 5.41 Å². The lowest BCUT2D eigenvalue weighted by Crippen LogP contribution is -2.45. The van der Waals surface area contributed by atoms with Crippen LogP contribution in [0.25, 0.3) is 11.1 Å². The number of aliphatic carboxylic acids is 1. The fourth-order valence-electron chi connectivity index (χ4n) is 6.36. The highest BCUT2D eigenvalue weighted by Crippen LogP contribution is 2.49. The number of alkyl carbamates (subject to hydrolysis) is 1. The van der Waals surface area contributed by atoms with Crippen molar-refractivity contribution in [3.05, 3.63) is 59.7 Å². The number of carboxylic acids is 1. The van der Waals surface area contributed by atoms with Gasteiger partial charge in [0.15, 0.2) is 0 Å². The van der Waals surface area contributed by atoms with Gasteiger partial charge < -0.3 is 20.1 Å². The lowest BCUT2D eigenvalue weighted by atomic mass is 9.82. The molecule has 1 saturated carbocycles. The number of nitrogens with zero attached hydrogens (tertiary/aromatic N) is 1. The molecule has 2 aliphatic carbocycles. The Bertz CT molecular complexity index is 1100. The van der Waals surface area contributed by atoms with Gasteiger partial charge in [-0.25, -0.2) is 4.79 Å². The highest BCUT2D eigenvalue weighted by Gasteiger charge is 2.56. The maximum atomic E-state index is 13.1. The smallest absolute Gasteiger partial charge is 0.407 e. The molecule has 0 radical (unpaired) electrons. The minimum atomic E-state index is -0.794. The second-order valence-corrected chi connectivity index (χ2v) is 9.99. The predicted molar refractivity (Wildman–Crippen MR) is 131 cm³/mol. The number of rotatable bonds is 7. The zero-order valence-corrected chi connectivity index (χ0v) is 20.0. The standard InChI is InChI=1S/C28H32N2O5/c1-2-18(16-25(31)30-15-14-28(26(32)33)13-7-12-24(28)30)29-27(34)35-17-23-21-10-5-3-8-19(21)20-9-4-6-11-22(20)23/h3-6,8-11,18,23-24H,2,7,12-17H2,1H3,(H,29,34)(H,32,33)/t18-,24?,28?/m1/s1. The number of amides is 2. The van der Waals surface area contributed by atoms with E-state index in [1.807, 2.05) is 31.2 Å². The molecular weight excluding hydrogens is 444 g/mol. The van der Waals surface area contributed by atoms with Gasteiger partial charge in [0.2, 0.25) is 5.91 Å². The monoisotopic (exact) mass is 476 g/mol. The van der Waals surface area contributed by atoms with Crippen molar-refractivity contribution in [1.29, 1.82) is 0 Å². The fourth-order valence-corrected chi connectivity index (χ4v) is 6.36. The largest absolute Gasteiger partial charge is 0.481 e. The second-order valence-electron chi connectivity index (χ2n) is 9.99. The Hall–Kier alpha value is -3.35. The molecule has 2 N–H and O–H groups in total. The summed E-state index contributed by atoms with van der Waals surface area (Å²) in [5, 5.41) is 12.6. The highest BCUT2D eigenvalue weighted by molar-refractivity contribution is 5.83. The molecule has 7 heteroatoms. The highest BCUT2D eigenvalue weighted by atomic mass is 16.5. The molecule has 1 aliphatic heterocycles. The van der Waals surface area contributed by atoms with Gasteiger partial charge in [-0.2, -0.15) is 0 Å². The maximum Gasteiger partial charge on any atom is 0.407 e. The van der Waals surface area contributed by atoms with Crippen LogP contribution in [-0.4, -0.2) is 53.2 Å². The fraction of sp³-hybridized carbons (Fsp3) is 0.464. The van der Waals surface area contributed by atoms with Crippen molar-refractivity contribution >= 4 is 18.0 Å². The molecule has 2 fully saturated rings. The van der Waals surface area contributed by atoms with Gasteiger partial charge in [0, 0.05) is 31.0 Å². The average molecular weight is 477 g/mol. The van der Waals surface area contributed by atoms with E-state index in [2.05, 4.69) is 29.6 Å². The predicted octanol–water partition coefficient (Wildman–Crippen LogP) is 4.55. The van der Waals surface area contributed by atoms with Crippen LogP contribution in [0.4, 0.5) is 4.79 Å². The Morgan fingerprint density at radius 1 is 1.09 bits per heavy atom. The van der Waals surface area contributed by atoms with Crippen molar-refractivity contribution in [2.45, 2.75) is 63.5 Å². The first-order valence-corrected chi connectivity index (χ1v) is 12.6. The van der Waals surface area contributed by atoms with E-state index in [4.69, 9.17) is 4.74 Å². The Balaban J connectivity index is 1.19. The van der Waals surface area contributed by atoms with Gasteiger partial charge in [-0.15, -0.1) is 0 Å². The third-order valence-electron chi connectivity index (χ3n) is 8.24. The van der Waals surface area contributed by atoms with Gasteiger partial charge in [0.05, 0.1) is 5.41 Å². The molecular formula is C28H32N2O5. The summed E-state index contributed by atoms with van der Waals surface area (Å²) in [5.41, 5.74) is 3.85. The molecule has 2 amide bonds. The summed E-state index contributed by atoms with van der Waals surface area (Å²) in [6, 6.07) is 15.8. The zero-order valence-electron chi connectivity index (χ0n) is 20.0. The van der Waals surface area contributed by atoms with E-state index in [-0.39, 0.29) is 36.9 Å². The van der Waals surface area contributed by atoms with Crippen molar-refractivity contribution < 1.29 is 24.2 Å². The van der Waals surface area contributed by atoms with Crippen LogP contribution in [0.2, 0.25) is 0 Å². The molecule has 1 heterocycles. The SMILES string of the molecule is CC[C@H](CC(=O)N1CCC2(C(=O)O)CCCC12)NC(=O)OCC1c2ccccc2-c2ccccc21. The first-order chi connectivity index (χ1) is 16.9. The van der Waals surface area contributed by atoms with Gasteiger partial charge in [-0.05, 0) is 47.9 Å². The summed E-state index contributed by atoms with van der Waals surface area (Å²) >= 11 is 0. The van der Waals surface area contributed by atoms with Crippen LogP contribution < -0.4 is 5.32 Å². The van der Waals surface area contributed by atoms with Crippen LogP contribution in [0.3, 0.4) is 0 Å². The van der Waals surface area contributed by atoms with E-state index in [1.54, 1.807) is 4.90 Å². The molecule has 2 aromatic rings. The number of hydrogen-bond acceptors (Lipinski definition) is 4. The third-order valence-corrected chi connectivity index (χ3v) is 8.24. The van der Waals surface area contributed by atoms with Crippen molar-refractivity contribution in [2.75, 3.05) is 13.2 Å². The number of benzene rings is 2. The van der Waals surface area contributed by atoms with Crippen LogP contribution in [0.1, 0.15) is 62.5 Å². The summed E-state index contributed by atoms with van der Waals surface area (Å²) < 4.78 is 5.64. The van der Waals surface area contributed by atoms with Gasteiger partial charge >= 0.3 is 12.1 Å². The van der Waals surface area contributed by atoms with Gasteiger partial charge in [0.25, 0.3) is 0 Å². The molecule has 1 saturated heterocycles. The van der Waals surface area contributed by atoms with Gasteiger partial charge in [-0.1, -0.05) is 61.9 Å². The van der Waals surface area contributed by atoms with E-state index in [9.17, 15) is 19.5 Å². The van der Waals surface area contributed by atoms with Crippen molar-refractivity contribution in [1.82, 2.24) is 10.2 Å². The number of ether oxygens (including phenoxy) is 1. The summed E-state index contributed by atoms with van der Waals surface area (Å²) in [5.74, 6) is -0.907. The molecule has 0 bridgehead atoms. The minimum Gasteiger partial charge on any atom is -0.481 e. The lowest BCUT2D eigenvalue weighted by molar-refractivity contribution is -0.150. The van der Waals surface area contributed by atoms with E-state index < -0.39 is 17.5 Å². The number of hydrogen-bond donors (Lipinski definition) is 2. The van der Waals surface area contributed by atoms with E-state index in [1.165, 1.54) is 11.1 Å². The van der Waals surface area contributed by atoms with Crippen molar-refractivity contribution in [3.8, 4) is 11.1 Å². The van der Waals surface area contributed by atoms with Crippen molar-refractivity contribution in [2.24, 2.45) is 5.41 Å². The quantitative estimate of drug-likeness (QED) is 0.611. The Labute approximate surface area is 205 Å². The van der Waals surface area contributed by atoms with Crippen LogP contribution in [0.15, 0.2) is 48.5 Å². The molecule has 35 heavy (non-hydrogen) atoms. The number of likely N-dealkylation sites (tertiary alicyclic amines) is 1. The molecule has 2 unspecified atom stereocenters. The molecule has 0 spiro atoms. The van der Waals surface area contributed by atoms with Crippen LogP contribution in [0.5, 0.6) is 0 Å². The van der Waals surface area contributed by atoms with Crippen LogP contribution >= 0.6 is 0 Å². The summed E-state index contributed by atoms with van der Waals surface area (Å²) in [4.78, 5) is 39.4. The Kier molecular flexibility index (Phi) is 6.26. The number of nitrogens with one attached hydrogen (secondary N) is 1. The molecule has 2 aromatic carbocycles. The van der Waals surface area contributed by atoms with Crippen molar-refractivity contribution in [3.63, 3.8) is 0 Å². The summed E-state index contributed by atoms with van der Waals surface area (Å²) in [7, 11) is 0. The molecule has 3 aliphatic rings. The first-order valence-electron chi connectivity index (χ1n) is 12.6. The second kappa shape index (κ2) is 9.36. The van der Waals surface area contributed by atoms with Gasteiger partial charge in [-0.3, -0.25) is 9.59 Å². The van der Waals surface area contributed by atoms with Gasteiger partial charge in [0.1, 0.15) is 6.61 Å². The summed E-state index contributed by atoms with van der Waals surface area (Å²) in [6.45, 7) is 2.61. The number of fused-ring (bicyclic) bond motifs is 4. The maximum absolute atomic E-state index is 13.1. The number of carboxylic acid groups (broad SMARTS) is 1. The lowest BCUT2D eigenvalue weighted by Gasteiger charge is -2.30. The van der Waals surface area contributed by atoms with E-state index in [0.717, 1.165) is 24.0 Å². The summed E-state index contributed by atoms with van der Waals surface area (Å²) in [6.07, 6.45) is 2.89. The zero-order chi connectivity index (χ0) is 24.6. The Morgan fingerprint density at radius 3 is 2.37 bits per heavy atom. The average Bonchev–Trinajstić information content (AvgIpc) is 3.53. The molecule has 184 valence electrons. The third kappa shape index (κ3) is 4.07. The topological polar surface area (TPSA) is 95.9 Å². The normalized spacial score (nSPS) is 23.3. The Morgan fingerprint density at radius 2 is 1.74 bits per heavy atom. The van der Waals surface area contributed by atoms with E-state index in [0.29, 0.717) is 25.8 Å². The molecule has 0 aromatic heterocycles.